The van der Waals surface area contributed by atoms with E-state index in [-0.39, 0.29) is 52.8 Å². The Labute approximate surface area is 289 Å². The van der Waals surface area contributed by atoms with E-state index in [4.69, 9.17) is 13.7 Å². The van der Waals surface area contributed by atoms with Gasteiger partial charge in [-0.15, -0.1) is 0 Å². The van der Waals surface area contributed by atoms with Crippen LogP contribution < -0.4 is 4.74 Å². The average molecular weight is 687 g/mol. The van der Waals surface area contributed by atoms with Crippen LogP contribution in [0, 0.1) is 24.6 Å². The molecule has 0 unspecified atom stereocenters. The highest BCUT2D eigenvalue weighted by atomic mass is 28.4. The van der Waals surface area contributed by atoms with Gasteiger partial charge in [-0.05, 0) is 97.8 Å². The summed E-state index contributed by atoms with van der Waals surface area (Å²) in [5, 5.41) is 16.6. The van der Waals surface area contributed by atoms with Gasteiger partial charge in [0.1, 0.15) is 23.7 Å². The minimum absolute atomic E-state index is 0.0119. The Balaban J connectivity index is 1.58. The minimum atomic E-state index is -2.85. The number of ether oxygens (including phenoxy) is 1. The molecule has 1 aromatic heterocycles. The van der Waals surface area contributed by atoms with Crippen molar-refractivity contribution in [3.63, 3.8) is 0 Å². The molecule has 3 aliphatic carbocycles. The van der Waals surface area contributed by atoms with Crippen LogP contribution in [0.4, 0.5) is 4.39 Å². The van der Waals surface area contributed by atoms with Crippen LogP contribution >= 0.6 is 0 Å². The van der Waals surface area contributed by atoms with Gasteiger partial charge >= 0.3 is 0 Å². The fourth-order valence-electron chi connectivity index (χ4n) is 7.60. The monoisotopic (exact) mass is 686 g/mol. The summed E-state index contributed by atoms with van der Waals surface area (Å²) in [4.78, 5) is 31.9. The smallest absolute Gasteiger partial charge is 0.265 e. The summed E-state index contributed by atoms with van der Waals surface area (Å²) in [5.74, 6) is -2.71. The number of hydrogen-bond donors (Lipinski definition) is 1. The summed E-state index contributed by atoms with van der Waals surface area (Å²) < 4.78 is 35.1. The van der Waals surface area contributed by atoms with E-state index >= 15 is 9.18 Å². The van der Waals surface area contributed by atoms with Crippen molar-refractivity contribution in [1.82, 2.24) is 10.1 Å². The van der Waals surface area contributed by atoms with Crippen molar-refractivity contribution in [1.29, 1.82) is 0 Å². The Hall–Kier alpha value is -3.86. The zero-order valence-electron chi connectivity index (χ0n) is 29.9. The van der Waals surface area contributed by atoms with Gasteiger partial charge in [0.05, 0.1) is 6.04 Å². The number of rotatable bonds is 8. The Kier molecular flexibility index (Phi) is 8.91. The molecule has 4 atom stereocenters. The van der Waals surface area contributed by atoms with Crippen LogP contribution in [-0.2, 0) is 17.5 Å². The maximum absolute atomic E-state index is 15.8. The van der Waals surface area contributed by atoms with E-state index < -0.39 is 49.2 Å². The molecule has 49 heavy (non-hydrogen) atoms. The highest BCUT2D eigenvalue weighted by Crippen LogP contribution is 2.59. The van der Waals surface area contributed by atoms with Gasteiger partial charge in [-0.25, -0.2) is 4.39 Å². The Morgan fingerprint density at radius 2 is 1.86 bits per heavy atom. The molecular formula is C39H47FN2O6Si. The molecule has 0 aliphatic heterocycles. The summed E-state index contributed by atoms with van der Waals surface area (Å²) in [6, 6.07) is 10.4. The molecule has 0 bridgehead atoms. The van der Waals surface area contributed by atoms with Crippen LogP contribution in [0.1, 0.15) is 95.3 Å². The molecule has 1 heterocycles. The maximum Gasteiger partial charge on any atom is 0.265 e. The van der Waals surface area contributed by atoms with Crippen LogP contribution in [0.25, 0.3) is 6.08 Å². The first kappa shape index (κ1) is 35.0. The van der Waals surface area contributed by atoms with Crippen molar-refractivity contribution >= 4 is 26.0 Å². The third-order valence-electron chi connectivity index (χ3n) is 11.1. The number of carbonyl (C=O) groups is 2. The SMILES string of the molecule is CC/C=C/c1cc(F)c2c(c1C)C(=O)C1=C(O)[C@]3(O[Si](C)(C)C(C)(C)C)C(=O)c4c(OCc5ccccc5)noc4[C@@H](N(C)C)[C@@H]3C[C@@H]1C2. The number of hydrogen-bond acceptors (Lipinski definition) is 8. The number of aliphatic hydroxyl groups is 1. The second-order valence-corrected chi connectivity index (χ2v) is 20.1. The van der Waals surface area contributed by atoms with E-state index in [9.17, 15) is 9.90 Å². The largest absolute Gasteiger partial charge is 0.508 e. The molecule has 1 N–H and O–H groups in total. The zero-order chi connectivity index (χ0) is 35.6. The molecular weight excluding hydrogens is 640 g/mol. The molecule has 8 nitrogen and oxygen atoms in total. The number of fused-ring (bicyclic) bond motifs is 4. The lowest BCUT2D eigenvalue weighted by Crippen LogP contribution is -2.65. The first-order valence-corrected chi connectivity index (χ1v) is 20.0. The molecule has 260 valence electrons. The van der Waals surface area contributed by atoms with Crippen LogP contribution in [0.15, 0.2) is 58.3 Å². The van der Waals surface area contributed by atoms with Gasteiger partial charge in [0.15, 0.2) is 25.5 Å². The second kappa shape index (κ2) is 12.5. The van der Waals surface area contributed by atoms with Crippen molar-refractivity contribution < 1.29 is 32.8 Å². The standard InChI is InChI=1S/C39H47FN2O6Si/c1-10-11-17-24-20-28(40)26-18-25-19-27-32(42(6)7)34-31(37(41-47-34)46-21-23-15-13-12-14-16-23)36(45)39(27,48-49(8,9)38(3,4)5)35(44)30(25)33(43)29(26)22(24)2/h11-17,20,25,27,32,44H,10,18-19,21H2,1-9H3/b17-11+/t25-,27-,32-,39-/m0/s1. The van der Waals surface area contributed by atoms with E-state index in [0.717, 1.165) is 12.0 Å². The quantitative estimate of drug-likeness (QED) is 0.235. The summed E-state index contributed by atoms with van der Waals surface area (Å²) in [7, 11) is 0.904. The van der Waals surface area contributed by atoms with Crippen molar-refractivity contribution in [2.24, 2.45) is 11.8 Å². The van der Waals surface area contributed by atoms with Crippen LogP contribution in [-0.4, -0.2) is 54.7 Å². The fourth-order valence-corrected chi connectivity index (χ4v) is 9.06. The first-order valence-electron chi connectivity index (χ1n) is 17.1. The predicted octanol–water partition coefficient (Wildman–Crippen LogP) is 8.57. The highest BCUT2D eigenvalue weighted by molar-refractivity contribution is 6.74. The number of allylic oxidation sites excluding steroid dienone is 2. The molecule has 0 fully saturated rings. The van der Waals surface area contributed by atoms with Crippen molar-refractivity contribution in [2.45, 2.75) is 90.3 Å². The van der Waals surface area contributed by atoms with Gasteiger partial charge in [0.25, 0.3) is 5.88 Å². The third-order valence-corrected chi connectivity index (χ3v) is 15.6. The Morgan fingerprint density at radius 3 is 2.49 bits per heavy atom. The normalized spacial score (nSPS) is 23.9. The maximum atomic E-state index is 15.8. The van der Waals surface area contributed by atoms with E-state index in [0.29, 0.717) is 22.5 Å². The van der Waals surface area contributed by atoms with E-state index in [2.05, 4.69) is 25.9 Å². The Bertz CT molecular complexity index is 1870. The summed E-state index contributed by atoms with van der Waals surface area (Å²) in [5.41, 5.74) is 1.03. The Morgan fingerprint density at radius 1 is 1.16 bits per heavy atom. The molecule has 10 heteroatoms. The number of nitrogens with zero attached hydrogens (tertiary/aromatic N) is 2. The number of carbonyl (C=O) groups excluding carboxylic acids is 2. The lowest BCUT2D eigenvalue weighted by molar-refractivity contribution is -0.0481. The molecule has 2 aromatic carbocycles. The predicted molar refractivity (Wildman–Crippen MR) is 189 cm³/mol. The van der Waals surface area contributed by atoms with Gasteiger partial charge in [-0.1, -0.05) is 70.2 Å². The topological polar surface area (TPSA) is 102 Å². The van der Waals surface area contributed by atoms with Gasteiger partial charge in [-0.3, -0.25) is 14.5 Å². The molecule has 0 radical (unpaired) electrons. The lowest BCUT2D eigenvalue weighted by atomic mass is 9.58. The summed E-state index contributed by atoms with van der Waals surface area (Å²) >= 11 is 0. The fraction of sp³-hybridized carbons (Fsp3) is 0.462. The van der Waals surface area contributed by atoms with E-state index in [1.807, 2.05) is 88.4 Å². The van der Waals surface area contributed by atoms with Crippen molar-refractivity contribution in [2.75, 3.05) is 14.1 Å². The van der Waals surface area contributed by atoms with Gasteiger partial charge in [0, 0.05) is 17.1 Å². The lowest BCUT2D eigenvalue weighted by Gasteiger charge is -2.55. The number of halogens is 1. The van der Waals surface area contributed by atoms with Crippen molar-refractivity contribution in [3.8, 4) is 5.88 Å². The van der Waals surface area contributed by atoms with Crippen molar-refractivity contribution in [3.05, 3.63) is 98.8 Å². The first-order chi connectivity index (χ1) is 23.0. The number of benzene rings is 2. The summed E-state index contributed by atoms with van der Waals surface area (Å²) in [6.45, 7) is 14.2. The van der Waals surface area contributed by atoms with Gasteiger partial charge < -0.3 is 18.8 Å². The van der Waals surface area contributed by atoms with Crippen LogP contribution in [0.2, 0.25) is 18.1 Å². The second-order valence-electron chi connectivity index (χ2n) is 15.4. The molecule has 0 saturated heterocycles. The minimum Gasteiger partial charge on any atom is -0.508 e. The molecule has 0 amide bonds. The van der Waals surface area contributed by atoms with Gasteiger partial charge in [-0.2, -0.15) is 0 Å². The zero-order valence-corrected chi connectivity index (χ0v) is 30.9. The molecule has 6 rings (SSSR count). The highest BCUT2D eigenvalue weighted by Gasteiger charge is 2.67. The average Bonchev–Trinajstić information content (AvgIpc) is 3.45. The number of aliphatic hydroxyl groups excluding tert-OH is 1. The number of ketones is 2. The van der Waals surface area contributed by atoms with E-state index in [1.165, 1.54) is 6.07 Å². The summed E-state index contributed by atoms with van der Waals surface area (Å²) in [6.07, 6.45) is 4.99. The molecule has 3 aromatic rings. The van der Waals surface area contributed by atoms with E-state index in [1.54, 1.807) is 0 Å². The number of aromatic nitrogens is 1. The molecule has 0 spiro atoms. The molecule has 3 aliphatic rings. The molecule has 0 saturated carbocycles. The third kappa shape index (κ3) is 5.52. The van der Waals surface area contributed by atoms with Crippen LogP contribution in [0.5, 0.6) is 5.88 Å². The van der Waals surface area contributed by atoms with Gasteiger partial charge in [0.2, 0.25) is 5.78 Å². The number of Topliss-reactive ketones (excluding diaryl/α,β-unsaturated/α-hetero) is 2. The van der Waals surface area contributed by atoms with Crippen LogP contribution in [0.3, 0.4) is 0 Å².